The molecule has 0 aromatic carbocycles. The molecule has 1 aromatic heterocycles. The molecule has 1 aromatic rings. The highest BCUT2D eigenvalue weighted by molar-refractivity contribution is 7.89. The Morgan fingerprint density at radius 3 is 2.71 bits per heavy atom. The number of sulfonamides is 1. The molecule has 6 heteroatoms. The van der Waals surface area contributed by atoms with E-state index in [1.54, 1.807) is 0 Å². The molecule has 2 atom stereocenters. The third kappa shape index (κ3) is 4.06. The molecule has 4 nitrogen and oxygen atoms in total. The Hall–Kier alpha value is -0.430. The fourth-order valence-corrected chi connectivity index (χ4v) is 6.26. The summed E-state index contributed by atoms with van der Waals surface area (Å²) in [5.74, 6) is 0.411. The van der Waals surface area contributed by atoms with Crippen molar-refractivity contribution in [2.24, 2.45) is 5.92 Å². The van der Waals surface area contributed by atoms with Gasteiger partial charge in [-0.2, -0.15) is 0 Å². The third-order valence-electron chi connectivity index (χ3n) is 4.26. The number of hydrogen-bond donors (Lipinski definition) is 2. The van der Waals surface area contributed by atoms with Gasteiger partial charge in [0.15, 0.2) is 0 Å². The van der Waals surface area contributed by atoms with Gasteiger partial charge in [0.05, 0.1) is 0 Å². The summed E-state index contributed by atoms with van der Waals surface area (Å²) in [6.45, 7) is 4.63. The minimum Gasteiger partial charge on any atom is -0.315 e. The number of aryl methyl sites for hydroxylation is 1. The molecule has 120 valence electrons. The molecule has 21 heavy (non-hydrogen) atoms. The molecule has 1 aliphatic carbocycles. The molecule has 0 aliphatic heterocycles. The van der Waals surface area contributed by atoms with Crippen molar-refractivity contribution in [3.8, 4) is 0 Å². The van der Waals surface area contributed by atoms with Gasteiger partial charge in [0.2, 0.25) is 10.0 Å². The molecule has 0 radical (unpaired) electrons. The average Bonchev–Trinajstić information content (AvgIpc) is 2.67. The van der Waals surface area contributed by atoms with Gasteiger partial charge >= 0.3 is 0 Å². The zero-order valence-corrected chi connectivity index (χ0v) is 14.7. The van der Waals surface area contributed by atoms with Gasteiger partial charge in [-0.3, -0.25) is 0 Å². The van der Waals surface area contributed by atoms with Gasteiger partial charge in [-0.25, -0.2) is 13.1 Å². The highest BCUT2D eigenvalue weighted by atomic mass is 32.2. The smallest absolute Gasteiger partial charge is 0.242 e. The summed E-state index contributed by atoms with van der Waals surface area (Å²) in [7, 11) is -1.59. The minimum absolute atomic E-state index is 0.0687. The summed E-state index contributed by atoms with van der Waals surface area (Å²) in [5.41, 5.74) is 0.846. The standard InChI is InChI=1S/C15H26N2O2S2/c1-11-7-5-4-6-8-13(11)17-21(18,19)15-12(2)10-20-14(15)9-16-3/h10-11,13,16-17H,4-9H2,1-3H3. The van der Waals surface area contributed by atoms with Crippen LogP contribution >= 0.6 is 11.3 Å². The Balaban J connectivity index is 2.23. The van der Waals surface area contributed by atoms with Crippen LogP contribution < -0.4 is 10.0 Å². The van der Waals surface area contributed by atoms with E-state index in [2.05, 4.69) is 17.0 Å². The lowest BCUT2D eigenvalue weighted by molar-refractivity contribution is 0.399. The Labute approximate surface area is 132 Å². The molecule has 2 unspecified atom stereocenters. The predicted octanol–water partition coefficient (Wildman–Crippen LogP) is 3.02. The van der Waals surface area contributed by atoms with E-state index >= 15 is 0 Å². The van der Waals surface area contributed by atoms with Crippen LogP contribution in [0.5, 0.6) is 0 Å². The maximum absolute atomic E-state index is 12.8. The third-order valence-corrected chi connectivity index (χ3v) is 7.22. The van der Waals surface area contributed by atoms with Gasteiger partial charge in [-0.15, -0.1) is 11.3 Å². The number of nitrogens with one attached hydrogen (secondary N) is 2. The molecule has 0 bridgehead atoms. The van der Waals surface area contributed by atoms with Crippen molar-refractivity contribution in [3.63, 3.8) is 0 Å². The van der Waals surface area contributed by atoms with Crippen LogP contribution in [0.15, 0.2) is 10.3 Å². The minimum atomic E-state index is -3.43. The highest BCUT2D eigenvalue weighted by Gasteiger charge is 2.29. The Kier molecular flexibility index (Phi) is 5.82. The highest BCUT2D eigenvalue weighted by Crippen LogP contribution is 2.29. The van der Waals surface area contributed by atoms with E-state index in [-0.39, 0.29) is 6.04 Å². The maximum atomic E-state index is 12.8. The Morgan fingerprint density at radius 2 is 2.00 bits per heavy atom. The van der Waals surface area contributed by atoms with E-state index in [1.165, 1.54) is 24.2 Å². The summed E-state index contributed by atoms with van der Waals surface area (Å²) >= 11 is 1.51. The topological polar surface area (TPSA) is 58.2 Å². The molecule has 2 rings (SSSR count). The second-order valence-corrected chi connectivity index (χ2v) is 8.66. The van der Waals surface area contributed by atoms with Crippen molar-refractivity contribution >= 4 is 21.4 Å². The van der Waals surface area contributed by atoms with Gasteiger partial charge in [-0.05, 0) is 43.7 Å². The van der Waals surface area contributed by atoms with Crippen LogP contribution in [0.2, 0.25) is 0 Å². The fourth-order valence-electron chi connectivity index (χ4n) is 3.06. The van der Waals surface area contributed by atoms with E-state index in [4.69, 9.17) is 0 Å². The number of hydrogen-bond acceptors (Lipinski definition) is 4. The number of rotatable bonds is 5. The van der Waals surface area contributed by atoms with Crippen molar-refractivity contribution in [2.75, 3.05) is 7.05 Å². The van der Waals surface area contributed by atoms with Crippen molar-refractivity contribution in [2.45, 2.75) is 63.4 Å². The van der Waals surface area contributed by atoms with Gasteiger partial charge in [0, 0.05) is 17.5 Å². The van der Waals surface area contributed by atoms with Crippen LogP contribution in [-0.4, -0.2) is 21.5 Å². The van der Waals surface area contributed by atoms with Gasteiger partial charge in [0.1, 0.15) is 4.90 Å². The van der Waals surface area contributed by atoms with Crippen molar-refractivity contribution in [1.82, 2.24) is 10.0 Å². The molecule has 1 aliphatic rings. The summed E-state index contributed by atoms with van der Waals surface area (Å²) in [5, 5.41) is 4.98. The molecule has 0 spiro atoms. The zero-order chi connectivity index (χ0) is 15.5. The van der Waals surface area contributed by atoms with Gasteiger partial charge < -0.3 is 5.32 Å². The van der Waals surface area contributed by atoms with E-state index in [9.17, 15) is 8.42 Å². The van der Waals surface area contributed by atoms with Crippen LogP contribution in [0.1, 0.15) is 49.5 Å². The van der Waals surface area contributed by atoms with Gasteiger partial charge in [0.25, 0.3) is 0 Å². The van der Waals surface area contributed by atoms with Crippen LogP contribution in [0.25, 0.3) is 0 Å². The molecule has 1 saturated carbocycles. The Bertz CT molecular complexity index is 566. The van der Waals surface area contributed by atoms with E-state index < -0.39 is 10.0 Å². The van der Waals surface area contributed by atoms with Crippen molar-refractivity contribution in [3.05, 3.63) is 15.8 Å². The first-order valence-corrected chi connectivity index (χ1v) is 10.1. The normalized spacial score (nSPS) is 24.0. The molecule has 1 fully saturated rings. The quantitative estimate of drug-likeness (QED) is 0.816. The van der Waals surface area contributed by atoms with Crippen LogP contribution in [0.4, 0.5) is 0 Å². The van der Waals surface area contributed by atoms with Crippen molar-refractivity contribution < 1.29 is 8.42 Å². The first kappa shape index (κ1) is 16.9. The first-order chi connectivity index (χ1) is 9.95. The number of thiophene rings is 1. The van der Waals surface area contributed by atoms with Crippen molar-refractivity contribution in [1.29, 1.82) is 0 Å². The van der Waals surface area contributed by atoms with E-state index in [1.807, 2.05) is 19.4 Å². The van der Waals surface area contributed by atoms with Crippen LogP contribution in [0, 0.1) is 12.8 Å². The maximum Gasteiger partial charge on any atom is 0.242 e. The molecule has 0 amide bonds. The van der Waals surface area contributed by atoms with E-state index in [0.717, 1.165) is 29.7 Å². The largest absolute Gasteiger partial charge is 0.315 e. The molecule has 0 saturated heterocycles. The molecular formula is C15H26N2O2S2. The summed E-state index contributed by atoms with van der Waals surface area (Å²) in [6.07, 6.45) is 5.60. The first-order valence-electron chi connectivity index (χ1n) is 7.69. The second kappa shape index (κ2) is 7.22. The fraction of sp³-hybridized carbons (Fsp3) is 0.733. The summed E-state index contributed by atoms with van der Waals surface area (Å²) in [6, 6.07) is 0.0687. The lowest BCUT2D eigenvalue weighted by Crippen LogP contribution is -2.39. The summed E-state index contributed by atoms with van der Waals surface area (Å²) in [4.78, 5) is 1.38. The lowest BCUT2D eigenvalue weighted by Gasteiger charge is -2.23. The predicted molar refractivity (Wildman–Crippen MR) is 88.2 cm³/mol. The monoisotopic (exact) mass is 330 g/mol. The zero-order valence-electron chi connectivity index (χ0n) is 13.1. The SMILES string of the molecule is CNCc1scc(C)c1S(=O)(=O)NC1CCCCCC1C. The Morgan fingerprint density at radius 1 is 1.29 bits per heavy atom. The van der Waals surface area contributed by atoms with Crippen LogP contribution in [-0.2, 0) is 16.6 Å². The summed E-state index contributed by atoms with van der Waals surface area (Å²) < 4.78 is 28.6. The molecule has 2 N–H and O–H groups in total. The van der Waals surface area contributed by atoms with E-state index in [0.29, 0.717) is 17.4 Å². The molecule has 1 heterocycles. The second-order valence-electron chi connectivity index (χ2n) is 6.04. The lowest BCUT2D eigenvalue weighted by atomic mass is 9.98. The average molecular weight is 331 g/mol. The molecular weight excluding hydrogens is 304 g/mol. The van der Waals surface area contributed by atoms with Gasteiger partial charge in [-0.1, -0.05) is 26.2 Å². The van der Waals surface area contributed by atoms with Crippen LogP contribution in [0.3, 0.4) is 0 Å².